The first-order valence-electron chi connectivity index (χ1n) is 5.14. The molecule has 0 unspecified atom stereocenters. The van der Waals surface area contributed by atoms with Crippen LogP contribution < -0.4 is 0 Å². The predicted molar refractivity (Wildman–Crippen MR) is 74.1 cm³/mol. The number of hydrogen-bond donors (Lipinski definition) is 0. The first kappa shape index (κ1) is 13.4. The average Bonchev–Trinajstić information content (AvgIpc) is 2.28. The van der Waals surface area contributed by atoms with Crippen molar-refractivity contribution in [1.82, 2.24) is 4.98 Å². The molecule has 0 atom stereocenters. The monoisotopic (exact) mass is 371 g/mol. The minimum absolute atomic E-state index is 0.0955. The van der Waals surface area contributed by atoms with E-state index >= 15 is 0 Å². The Hall–Kier alpha value is -1.07. The summed E-state index contributed by atoms with van der Waals surface area (Å²) in [5.41, 5.74) is 0.842. The van der Waals surface area contributed by atoms with E-state index in [2.05, 4.69) is 36.8 Å². The molecule has 2 rings (SSSR count). The Labute approximate surface area is 121 Å². The van der Waals surface area contributed by atoms with E-state index in [9.17, 15) is 9.18 Å². The molecule has 0 saturated heterocycles. The molecule has 0 aliphatic carbocycles. The van der Waals surface area contributed by atoms with Crippen molar-refractivity contribution in [3.63, 3.8) is 0 Å². The van der Waals surface area contributed by atoms with Gasteiger partial charge in [-0.2, -0.15) is 0 Å². The molecule has 1 heterocycles. The van der Waals surface area contributed by atoms with E-state index in [0.717, 1.165) is 10.0 Å². The van der Waals surface area contributed by atoms with Gasteiger partial charge >= 0.3 is 0 Å². The van der Waals surface area contributed by atoms with Crippen LogP contribution in [0, 0.1) is 5.82 Å². The zero-order valence-corrected chi connectivity index (χ0v) is 12.3. The van der Waals surface area contributed by atoms with Crippen molar-refractivity contribution in [2.45, 2.75) is 6.42 Å². The van der Waals surface area contributed by atoms with Crippen LogP contribution in [0.25, 0.3) is 0 Å². The molecular formula is C13H8Br2FNO. The summed E-state index contributed by atoms with van der Waals surface area (Å²) in [5.74, 6) is -0.780. The number of halogens is 3. The van der Waals surface area contributed by atoms with E-state index in [4.69, 9.17) is 0 Å². The zero-order chi connectivity index (χ0) is 13.1. The highest BCUT2D eigenvalue weighted by Crippen LogP contribution is 2.18. The smallest absolute Gasteiger partial charge is 0.170 e. The molecule has 0 fully saturated rings. The Morgan fingerprint density at radius 1 is 1.17 bits per heavy atom. The lowest BCUT2D eigenvalue weighted by Crippen LogP contribution is -2.06. The van der Waals surface area contributed by atoms with Crippen molar-refractivity contribution in [3.05, 3.63) is 62.5 Å². The molecule has 1 aromatic carbocycles. The second-order valence-corrected chi connectivity index (χ2v) is 5.57. The topological polar surface area (TPSA) is 30.0 Å². The molecule has 0 aliphatic heterocycles. The number of rotatable bonds is 3. The molecule has 2 aromatic rings. The Morgan fingerprint density at radius 2 is 1.94 bits per heavy atom. The summed E-state index contributed by atoms with van der Waals surface area (Å²) in [4.78, 5) is 15.9. The van der Waals surface area contributed by atoms with Gasteiger partial charge in [0.15, 0.2) is 5.78 Å². The van der Waals surface area contributed by atoms with Gasteiger partial charge < -0.3 is 0 Å². The standard InChI is InChI=1S/C13H8Br2FNO/c14-9-1-2-11(12(16)5-9)13(18)4-8-3-10(15)7-17-6-8/h1-3,5-7H,4H2. The molecule has 0 aliphatic rings. The maximum Gasteiger partial charge on any atom is 0.170 e. The van der Waals surface area contributed by atoms with Crippen molar-refractivity contribution in [2.75, 3.05) is 0 Å². The van der Waals surface area contributed by atoms with Crippen molar-refractivity contribution in [2.24, 2.45) is 0 Å². The maximum absolute atomic E-state index is 13.6. The van der Waals surface area contributed by atoms with E-state index in [1.165, 1.54) is 12.1 Å². The van der Waals surface area contributed by atoms with Crippen LogP contribution in [0.2, 0.25) is 0 Å². The molecule has 92 valence electrons. The Bertz CT molecular complexity index is 601. The van der Waals surface area contributed by atoms with Gasteiger partial charge in [0, 0.05) is 27.8 Å². The van der Waals surface area contributed by atoms with Gasteiger partial charge in [-0.25, -0.2) is 4.39 Å². The van der Waals surface area contributed by atoms with Gasteiger partial charge in [-0.05, 0) is 45.8 Å². The van der Waals surface area contributed by atoms with Crippen LogP contribution in [0.1, 0.15) is 15.9 Å². The number of carbonyl (C=O) groups excluding carboxylic acids is 1. The molecule has 18 heavy (non-hydrogen) atoms. The van der Waals surface area contributed by atoms with Gasteiger partial charge in [-0.3, -0.25) is 9.78 Å². The highest BCUT2D eigenvalue weighted by molar-refractivity contribution is 9.10. The summed E-state index contributed by atoms with van der Waals surface area (Å²) in [6.07, 6.45) is 3.36. The van der Waals surface area contributed by atoms with Gasteiger partial charge in [0.25, 0.3) is 0 Å². The fourth-order valence-electron chi connectivity index (χ4n) is 1.55. The van der Waals surface area contributed by atoms with Gasteiger partial charge in [0.05, 0.1) is 5.56 Å². The highest BCUT2D eigenvalue weighted by atomic mass is 79.9. The van der Waals surface area contributed by atoms with Crippen molar-refractivity contribution in [1.29, 1.82) is 0 Å². The van der Waals surface area contributed by atoms with E-state index < -0.39 is 5.82 Å². The number of carbonyl (C=O) groups is 1. The number of ketones is 1. The minimum atomic E-state index is -0.516. The summed E-state index contributed by atoms with van der Waals surface area (Å²) >= 11 is 6.43. The molecule has 1 aromatic heterocycles. The van der Waals surface area contributed by atoms with Gasteiger partial charge in [0.2, 0.25) is 0 Å². The predicted octanol–water partition coefficient (Wildman–Crippen LogP) is 4.17. The molecule has 5 heteroatoms. The fraction of sp³-hybridized carbons (Fsp3) is 0.0769. The first-order valence-corrected chi connectivity index (χ1v) is 6.72. The van der Waals surface area contributed by atoms with Crippen molar-refractivity contribution >= 4 is 37.6 Å². The van der Waals surface area contributed by atoms with Gasteiger partial charge in [0.1, 0.15) is 5.82 Å². The van der Waals surface area contributed by atoms with E-state index in [0.29, 0.717) is 4.47 Å². The van der Waals surface area contributed by atoms with Crippen molar-refractivity contribution in [3.8, 4) is 0 Å². The zero-order valence-electron chi connectivity index (χ0n) is 9.16. The number of hydrogen-bond acceptors (Lipinski definition) is 2. The Balaban J connectivity index is 2.22. The molecule has 0 radical (unpaired) electrons. The molecular weight excluding hydrogens is 365 g/mol. The minimum Gasteiger partial charge on any atom is -0.294 e. The van der Waals surface area contributed by atoms with E-state index in [1.807, 2.05) is 0 Å². The Morgan fingerprint density at radius 3 is 2.61 bits per heavy atom. The third-order valence-corrected chi connectivity index (χ3v) is 3.28. The van der Waals surface area contributed by atoms with Gasteiger partial charge in [-0.15, -0.1) is 0 Å². The normalized spacial score (nSPS) is 10.4. The summed E-state index contributed by atoms with van der Waals surface area (Å²) < 4.78 is 15.0. The lowest BCUT2D eigenvalue weighted by Gasteiger charge is -2.03. The second-order valence-electron chi connectivity index (χ2n) is 3.74. The largest absolute Gasteiger partial charge is 0.294 e. The Kier molecular flexibility index (Phi) is 4.24. The third-order valence-electron chi connectivity index (χ3n) is 2.36. The molecule has 2 nitrogen and oxygen atoms in total. The summed E-state index contributed by atoms with van der Waals surface area (Å²) in [6.45, 7) is 0. The molecule has 0 N–H and O–H groups in total. The van der Waals surface area contributed by atoms with Crippen LogP contribution in [-0.4, -0.2) is 10.8 Å². The number of aromatic nitrogens is 1. The number of benzene rings is 1. The SMILES string of the molecule is O=C(Cc1cncc(Br)c1)c1ccc(Br)cc1F. The van der Waals surface area contributed by atoms with Crippen LogP contribution in [-0.2, 0) is 6.42 Å². The summed E-state index contributed by atoms with van der Waals surface area (Å²) in [7, 11) is 0. The van der Waals surface area contributed by atoms with E-state index in [-0.39, 0.29) is 17.8 Å². The maximum atomic E-state index is 13.6. The van der Waals surface area contributed by atoms with E-state index in [1.54, 1.807) is 24.5 Å². The lowest BCUT2D eigenvalue weighted by molar-refractivity contribution is 0.0989. The fourth-order valence-corrected chi connectivity index (χ4v) is 2.29. The van der Waals surface area contributed by atoms with Gasteiger partial charge in [-0.1, -0.05) is 15.9 Å². The average molecular weight is 373 g/mol. The number of nitrogens with zero attached hydrogens (tertiary/aromatic N) is 1. The summed E-state index contributed by atoms with van der Waals surface area (Å²) in [6, 6.07) is 6.21. The quantitative estimate of drug-likeness (QED) is 0.757. The van der Waals surface area contributed by atoms with Crippen LogP contribution in [0.5, 0.6) is 0 Å². The lowest BCUT2D eigenvalue weighted by atomic mass is 10.0. The van der Waals surface area contributed by atoms with Crippen LogP contribution in [0.4, 0.5) is 4.39 Å². The van der Waals surface area contributed by atoms with Crippen LogP contribution in [0.3, 0.4) is 0 Å². The number of pyridine rings is 1. The second kappa shape index (κ2) is 5.71. The molecule has 0 saturated carbocycles. The molecule has 0 amide bonds. The van der Waals surface area contributed by atoms with Crippen LogP contribution in [0.15, 0.2) is 45.6 Å². The van der Waals surface area contributed by atoms with Crippen LogP contribution >= 0.6 is 31.9 Å². The molecule has 0 bridgehead atoms. The van der Waals surface area contributed by atoms with Crippen molar-refractivity contribution < 1.29 is 9.18 Å². The number of Topliss-reactive ketones (excluding diaryl/α,β-unsaturated/α-hetero) is 1. The highest BCUT2D eigenvalue weighted by Gasteiger charge is 2.12. The molecule has 0 spiro atoms. The summed E-state index contributed by atoms with van der Waals surface area (Å²) in [5, 5.41) is 0. The first-order chi connectivity index (χ1) is 8.56. The third kappa shape index (κ3) is 3.23.